The summed E-state index contributed by atoms with van der Waals surface area (Å²) in [7, 11) is 0. The van der Waals surface area contributed by atoms with Gasteiger partial charge >= 0.3 is 6.03 Å². The molecule has 8 nitrogen and oxygen atoms in total. The molecule has 0 aromatic heterocycles. The maximum atomic E-state index is 12.9. The molecule has 1 N–H and O–H groups in total. The van der Waals surface area contributed by atoms with Crippen LogP contribution in [0.5, 0.6) is 0 Å². The molecule has 0 spiro atoms. The Bertz CT molecular complexity index is 1310. The molecule has 1 heterocycles. The third kappa shape index (κ3) is 4.79. The number of hydrogen-bond donors (Lipinski definition) is 1. The normalized spacial score (nSPS) is 15.0. The Morgan fingerprint density at radius 1 is 0.970 bits per heavy atom. The van der Waals surface area contributed by atoms with E-state index in [1.54, 1.807) is 60.7 Å². The molecular weight excluding hydrogens is 466 g/mol. The Labute approximate surface area is 197 Å². The fourth-order valence-corrected chi connectivity index (χ4v) is 4.14. The fraction of sp³-hybridized carbons (Fsp3) is 0. The van der Waals surface area contributed by atoms with Crippen LogP contribution in [0, 0.1) is 10.1 Å². The van der Waals surface area contributed by atoms with Crippen LogP contribution in [0.4, 0.5) is 16.2 Å². The summed E-state index contributed by atoms with van der Waals surface area (Å²) < 4.78 is 0. The summed E-state index contributed by atoms with van der Waals surface area (Å²) in [5.74, 6) is -1.70. The quantitative estimate of drug-likeness (QED) is 0.237. The number of rotatable bonds is 5. The van der Waals surface area contributed by atoms with E-state index in [0.29, 0.717) is 15.6 Å². The predicted octanol–water partition coefficient (Wildman–Crippen LogP) is 5.07. The van der Waals surface area contributed by atoms with Crippen LogP contribution < -0.4 is 10.2 Å². The lowest BCUT2D eigenvalue weighted by Crippen LogP contribution is -2.54. The van der Waals surface area contributed by atoms with Gasteiger partial charge in [-0.3, -0.25) is 25.0 Å². The first kappa shape index (κ1) is 22.3. The zero-order valence-electron chi connectivity index (χ0n) is 16.7. The van der Waals surface area contributed by atoms with Crippen molar-refractivity contribution in [1.82, 2.24) is 5.32 Å². The molecule has 0 unspecified atom stereocenters. The number of hydrogen-bond acceptors (Lipinski definition) is 6. The van der Waals surface area contributed by atoms with Gasteiger partial charge in [0.2, 0.25) is 0 Å². The molecule has 164 valence electrons. The highest BCUT2D eigenvalue weighted by atomic mass is 35.5. The first-order valence-corrected chi connectivity index (χ1v) is 10.7. The van der Waals surface area contributed by atoms with Crippen LogP contribution in [0.15, 0.2) is 88.2 Å². The van der Waals surface area contributed by atoms with Gasteiger partial charge in [-0.25, -0.2) is 9.69 Å². The highest BCUT2D eigenvalue weighted by Gasteiger charge is 2.36. The molecule has 4 amide bonds. The number of amides is 4. The molecule has 1 aliphatic rings. The number of anilines is 1. The van der Waals surface area contributed by atoms with Gasteiger partial charge in [-0.1, -0.05) is 47.6 Å². The molecule has 10 heteroatoms. The van der Waals surface area contributed by atoms with Crippen molar-refractivity contribution in [3.05, 3.63) is 99.1 Å². The van der Waals surface area contributed by atoms with E-state index in [2.05, 4.69) is 5.32 Å². The number of urea groups is 1. The van der Waals surface area contributed by atoms with Gasteiger partial charge in [0.15, 0.2) is 0 Å². The molecule has 33 heavy (non-hydrogen) atoms. The van der Waals surface area contributed by atoms with Crippen LogP contribution in [-0.4, -0.2) is 22.8 Å². The number of nitrogens with zero attached hydrogens (tertiary/aromatic N) is 2. The molecule has 1 fully saturated rings. The SMILES string of the molecule is O=C1NC(=O)N(c2ccccc2)C(=O)C1=Cc1ccc(Sc2ccc(Cl)cc2)c([N+](=O)[O-])c1. The van der Waals surface area contributed by atoms with Crippen LogP contribution in [0.1, 0.15) is 5.56 Å². The van der Waals surface area contributed by atoms with E-state index >= 15 is 0 Å². The second-order valence-corrected chi connectivity index (χ2v) is 8.39. The minimum Gasteiger partial charge on any atom is -0.273 e. The van der Waals surface area contributed by atoms with Crippen molar-refractivity contribution in [3.8, 4) is 0 Å². The van der Waals surface area contributed by atoms with Gasteiger partial charge in [0.1, 0.15) is 5.57 Å². The maximum Gasteiger partial charge on any atom is 0.335 e. The van der Waals surface area contributed by atoms with Crippen molar-refractivity contribution in [2.24, 2.45) is 0 Å². The van der Waals surface area contributed by atoms with E-state index in [1.807, 2.05) is 0 Å². The minimum atomic E-state index is -0.876. The van der Waals surface area contributed by atoms with Gasteiger partial charge in [-0.15, -0.1) is 0 Å². The van der Waals surface area contributed by atoms with Crippen molar-refractivity contribution >= 4 is 58.7 Å². The molecule has 3 aromatic carbocycles. The number of nitro groups is 1. The fourth-order valence-electron chi connectivity index (χ4n) is 3.12. The number of nitrogens with one attached hydrogen (secondary N) is 1. The lowest BCUT2D eigenvalue weighted by atomic mass is 10.1. The highest BCUT2D eigenvalue weighted by molar-refractivity contribution is 7.99. The van der Waals surface area contributed by atoms with Crippen LogP contribution >= 0.6 is 23.4 Å². The number of imide groups is 2. The van der Waals surface area contributed by atoms with Crippen molar-refractivity contribution in [1.29, 1.82) is 0 Å². The number of nitro benzene ring substituents is 1. The van der Waals surface area contributed by atoms with Gasteiger partial charge in [0.25, 0.3) is 17.5 Å². The summed E-state index contributed by atoms with van der Waals surface area (Å²) in [6.07, 6.45) is 1.23. The highest BCUT2D eigenvalue weighted by Crippen LogP contribution is 2.36. The van der Waals surface area contributed by atoms with Gasteiger partial charge in [-0.05, 0) is 54.1 Å². The summed E-state index contributed by atoms with van der Waals surface area (Å²) in [6.45, 7) is 0. The number of barbiturate groups is 1. The monoisotopic (exact) mass is 479 g/mol. The van der Waals surface area contributed by atoms with Gasteiger partial charge in [0, 0.05) is 16.0 Å². The first-order valence-electron chi connectivity index (χ1n) is 9.52. The summed E-state index contributed by atoms with van der Waals surface area (Å²) >= 11 is 7.07. The number of carbonyl (C=O) groups is 3. The Hall–Kier alpha value is -3.95. The third-order valence-electron chi connectivity index (χ3n) is 4.65. The van der Waals surface area contributed by atoms with Crippen LogP contribution in [0.25, 0.3) is 6.08 Å². The molecule has 0 radical (unpaired) electrons. The minimum absolute atomic E-state index is 0.191. The van der Waals surface area contributed by atoms with Crippen molar-refractivity contribution in [2.45, 2.75) is 9.79 Å². The Kier molecular flexibility index (Phi) is 6.25. The standard InChI is InChI=1S/C23H14ClN3O5S/c24-15-7-9-17(10-8-15)33-20-11-6-14(13-19(20)27(31)32)12-18-21(28)25-23(30)26(22(18)29)16-4-2-1-3-5-16/h1-13H,(H,25,28,30). The lowest BCUT2D eigenvalue weighted by molar-refractivity contribution is -0.387. The van der Waals surface area contributed by atoms with E-state index < -0.39 is 22.8 Å². The molecule has 3 aromatic rings. The summed E-state index contributed by atoms with van der Waals surface area (Å²) in [6, 6.07) is 18.5. The maximum absolute atomic E-state index is 12.9. The van der Waals surface area contributed by atoms with E-state index in [9.17, 15) is 24.5 Å². The number of halogens is 1. The van der Waals surface area contributed by atoms with E-state index in [4.69, 9.17) is 11.6 Å². The van der Waals surface area contributed by atoms with Crippen LogP contribution in [-0.2, 0) is 9.59 Å². The Morgan fingerprint density at radius 3 is 2.33 bits per heavy atom. The Balaban J connectivity index is 1.68. The first-order chi connectivity index (χ1) is 15.8. The zero-order valence-corrected chi connectivity index (χ0v) is 18.3. The van der Waals surface area contributed by atoms with Crippen molar-refractivity contribution in [3.63, 3.8) is 0 Å². The number of para-hydroxylation sites is 1. The molecule has 4 rings (SSSR count). The molecule has 1 saturated heterocycles. The van der Waals surface area contributed by atoms with Crippen LogP contribution in [0.2, 0.25) is 5.02 Å². The van der Waals surface area contributed by atoms with Gasteiger partial charge in [0.05, 0.1) is 15.5 Å². The summed E-state index contributed by atoms with van der Waals surface area (Å²) in [5.41, 5.74) is 0.0527. The predicted molar refractivity (Wildman–Crippen MR) is 124 cm³/mol. The Morgan fingerprint density at radius 2 is 1.67 bits per heavy atom. The molecule has 0 bridgehead atoms. The van der Waals surface area contributed by atoms with E-state index in [1.165, 1.54) is 30.0 Å². The molecule has 0 aliphatic carbocycles. The topological polar surface area (TPSA) is 110 Å². The van der Waals surface area contributed by atoms with Crippen molar-refractivity contribution < 1.29 is 19.3 Å². The largest absolute Gasteiger partial charge is 0.335 e. The number of carbonyl (C=O) groups excluding carboxylic acids is 3. The zero-order chi connectivity index (χ0) is 23.5. The molecule has 0 atom stereocenters. The summed E-state index contributed by atoms with van der Waals surface area (Å²) in [5, 5.41) is 14.3. The smallest absolute Gasteiger partial charge is 0.273 e. The van der Waals surface area contributed by atoms with Gasteiger partial charge in [-0.2, -0.15) is 0 Å². The second kappa shape index (κ2) is 9.27. The average molecular weight is 480 g/mol. The third-order valence-corrected chi connectivity index (χ3v) is 5.97. The second-order valence-electron chi connectivity index (χ2n) is 6.83. The molecular formula is C23H14ClN3O5S. The van der Waals surface area contributed by atoms with Gasteiger partial charge < -0.3 is 0 Å². The summed E-state index contributed by atoms with van der Waals surface area (Å²) in [4.78, 5) is 50.6. The molecule has 0 saturated carbocycles. The van der Waals surface area contributed by atoms with Crippen LogP contribution in [0.3, 0.4) is 0 Å². The van der Waals surface area contributed by atoms with E-state index in [0.717, 1.165) is 9.80 Å². The number of benzene rings is 3. The average Bonchev–Trinajstić information content (AvgIpc) is 2.79. The van der Waals surface area contributed by atoms with E-state index in [-0.39, 0.29) is 16.8 Å². The lowest BCUT2D eigenvalue weighted by Gasteiger charge is -2.26. The molecule has 1 aliphatic heterocycles. The van der Waals surface area contributed by atoms with Crippen molar-refractivity contribution in [2.75, 3.05) is 4.90 Å².